The summed E-state index contributed by atoms with van der Waals surface area (Å²) in [5.41, 5.74) is 0. The largest absolute Gasteiger partial charge is 0.286 e. The zero-order valence-electron chi connectivity index (χ0n) is 4.69. The van der Waals surface area contributed by atoms with Crippen molar-refractivity contribution in [3.05, 3.63) is 0 Å². The van der Waals surface area contributed by atoms with Gasteiger partial charge in [-0.15, -0.1) is 0 Å². The average molecular weight is 209 g/mol. The van der Waals surface area contributed by atoms with Crippen LogP contribution in [-0.4, -0.2) is 32.9 Å². The molecule has 0 atom stereocenters. The third-order valence-corrected chi connectivity index (χ3v) is 2.72. The fourth-order valence-electron chi connectivity index (χ4n) is 0.205. The lowest BCUT2D eigenvalue weighted by Crippen LogP contribution is -2.12. The van der Waals surface area contributed by atoms with E-state index in [1.165, 1.54) is 0 Å². The highest BCUT2D eigenvalue weighted by Gasteiger charge is 2.11. The van der Waals surface area contributed by atoms with Gasteiger partial charge in [-0.2, -0.15) is 8.42 Å². The van der Waals surface area contributed by atoms with Gasteiger partial charge in [-0.1, -0.05) is 0 Å². The predicted molar refractivity (Wildman–Crippen MR) is 36.1 cm³/mol. The van der Waals surface area contributed by atoms with Crippen molar-refractivity contribution in [3.63, 3.8) is 0 Å². The second-order valence-corrected chi connectivity index (χ2v) is 6.00. The zero-order chi connectivity index (χ0) is 8.41. The summed E-state index contributed by atoms with van der Waals surface area (Å²) >= 11 is 0. The Hall–Kier alpha value is 0.150. The minimum atomic E-state index is -4.22. The molecule has 0 rings (SSSR count). The topological polar surface area (TPSA) is 88.5 Å². The van der Waals surface area contributed by atoms with E-state index in [9.17, 15) is 16.8 Å². The van der Waals surface area contributed by atoms with Crippen LogP contribution in [0.4, 0.5) is 0 Å². The van der Waals surface area contributed by atoms with Gasteiger partial charge in [0.05, 0.1) is 11.5 Å². The van der Waals surface area contributed by atoms with Crippen LogP contribution in [0.2, 0.25) is 0 Å². The fourth-order valence-corrected chi connectivity index (χ4v) is 2.41. The van der Waals surface area contributed by atoms with Crippen molar-refractivity contribution in [2.24, 2.45) is 0 Å². The molecule has 0 saturated carbocycles. The van der Waals surface area contributed by atoms with Crippen LogP contribution in [0, 0.1) is 0 Å². The first-order valence-electron chi connectivity index (χ1n) is 2.08. The third-order valence-electron chi connectivity index (χ3n) is 0.585. The molecule has 0 aromatic heterocycles. The Morgan fingerprint density at radius 2 is 1.50 bits per heavy atom. The van der Waals surface area contributed by atoms with Gasteiger partial charge in [0.25, 0.3) is 10.1 Å². The molecule has 0 bridgehead atoms. The number of rotatable bonds is 3. The Morgan fingerprint density at radius 3 is 1.60 bits per heavy atom. The van der Waals surface area contributed by atoms with Gasteiger partial charge in [0, 0.05) is 10.7 Å². The van der Waals surface area contributed by atoms with Crippen LogP contribution in [0.5, 0.6) is 0 Å². The molecule has 0 aliphatic carbocycles. The molecule has 0 radical (unpaired) electrons. The molecule has 0 aromatic carbocycles. The molecule has 0 aromatic rings. The minimum Gasteiger partial charge on any atom is -0.286 e. The molecule has 0 fully saturated rings. The van der Waals surface area contributed by atoms with E-state index in [0.29, 0.717) is 0 Å². The smallest absolute Gasteiger partial charge is 0.265 e. The maximum Gasteiger partial charge on any atom is 0.265 e. The predicted octanol–water partition coefficient (Wildman–Crippen LogP) is -0.557. The van der Waals surface area contributed by atoms with Crippen molar-refractivity contribution in [1.29, 1.82) is 0 Å². The summed E-state index contributed by atoms with van der Waals surface area (Å²) in [4.78, 5) is 0. The summed E-state index contributed by atoms with van der Waals surface area (Å²) in [5, 5.41) is 0. The minimum absolute atomic E-state index is 0.770. The van der Waals surface area contributed by atoms with Crippen LogP contribution in [0.1, 0.15) is 0 Å². The Kier molecular flexibility index (Phi) is 3.08. The summed E-state index contributed by atoms with van der Waals surface area (Å²) in [6, 6.07) is 0. The van der Waals surface area contributed by atoms with Gasteiger partial charge < -0.3 is 0 Å². The van der Waals surface area contributed by atoms with Gasteiger partial charge in [-0.25, -0.2) is 8.42 Å². The molecular weight excluding hydrogens is 204 g/mol. The van der Waals surface area contributed by atoms with Crippen LogP contribution < -0.4 is 0 Å². The zero-order valence-corrected chi connectivity index (χ0v) is 7.08. The Labute approximate surface area is 63.2 Å². The second-order valence-electron chi connectivity index (χ2n) is 1.53. The highest BCUT2D eigenvalue weighted by molar-refractivity contribution is 8.14. The summed E-state index contributed by atoms with van der Waals surface area (Å²) in [6.07, 6.45) is 0. The second kappa shape index (κ2) is 3.04. The van der Waals surface area contributed by atoms with Crippen molar-refractivity contribution in [2.75, 3.05) is 11.5 Å². The lowest BCUT2D eigenvalue weighted by molar-refractivity contribution is 0.484. The van der Waals surface area contributed by atoms with Crippen LogP contribution in [-0.2, 0) is 19.2 Å². The van der Waals surface area contributed by atoms with Gasteiger partial charge >= 0.3 is 0 Å². The van der Waals surface area contributed by atoms with Crippen LogP contribution in [0.15, 0.2) is 0 Å². The van der Waals surface area contributed by atoms with Crippen molar-refractivity contribution < 1.29 is 21.4 Å². The SMILES string of the molecule is O=S(=O)(O)CCS(=O)(=O)Cl. The standard InChI is InChI=1S/C2H5ClO5S2/c3-9(4,5)1-2-10(6,7)8/h1-2H2,(H,6,7,8). The normalized spacial score (nSPS) is 13.4. The van der Waals surface area contributed by atoms with Gasteiger partial charge in [0.2, 0.25) is 9.05 Å². The molecule has 0 amide bonds. The van der Waals surface area contributed by atoms with Crippen LogP contribution >= 0.6 is 10.7 Å². The molecule has 8 heteroatoms. The van der Waals surface area contributed by atoms with Gasteiger partial charge in [0.15, 0.2) is 0 Å². The quantitative estimate of drug-likeness (QED) is 0.496. The van der Waals surface area contributed by atoms with Crippen molar-refractivity contribution in [1.82, 2.24) is 0 Å². The van der Waals surface area contributed by atoms with E-state index in [-0.39, 0.29) is 0 Å². The first-order chi connectivity index (χ1) is 4.21. The van der Waals surface area contributed by atoms with E-state index in [1.54, 1.807) is 0 Å². The molecular formula is C2H5ClO5S2. The lowest BCUT2D eigenvalue weighted by Gasteiger charge is -1.91. The van der Waals surface area contributed by atoms with Crippen molar-refractivity contribution in [2.45, 2.75) is 0 Å². The molecule has 0 saturated heterocycles. The Bertz CT molecular complexity index is 254. The lowest BCUT2D eigenvalue weighted by atomic mass is 11.0. The molecule has 0 unspecified atom stereocenters. The average Bonchev–Trinajstić information content (AvgIpc) is 1.57. The van der Waals surface area contributed by atoms with E-state index in [0.717, 1.165) is 0 Å². The first kappa shape index (κ1) is 10.2. The maximum atomic E-state index is 10.1. The molecule has 0 spiro atoms. The van der Waals surface area contributed by atoms with E-state index in [4.69, 9.17) is 4.55 Å². The van der Waals surface area contributed by atoms with E-state index < -0.39 is 30.7 Å². The fraction of sp³-hybridized carbons (Fsp3) is 1.00. The van der Waals surface area contributed by atoms with Crippen LogP contribution in [0.3, 0.4) is 0 Å². The molecule has 1 N–H and O–H groups in total. The monoisotopic (exact) mass is 208 g/mol. The summed E-state index contributed by atoms with van der Waals surface area (Å²) < 4.78 is 48.0. The van der Waals surface area contributed by atoms with Gasteiger partial charge in [-0.3, -0.25) is 4.55 Å². The van der Waals surface area contributed by atoms with Crippen molar-refractivity contribution >= 4 is 29.9 Å². The highest BCUT2D eigenvalue weighted by atomic mass is 35.7. The number of hydrogen-bond donors (Lipinski definition) is 1. The molecule has 0 aliphatic rings. The molecule has 10 heavy (non-hydrogen) atoms. The van der Waals surface area contributed by atoms with E-state index >= 15 is 0 Å². The highest BCUT2D eigenvalue weighted by Crippen LogP contribution is 1.96. The van der Waals surface area contributed by atoms with Gasteiger partial charge in [-0.05, 0) is 0 Å². The molecule has 0 heterocycles. The van der Waals surface area contributed by atoms with E-state index in [1.807, 2.05) is 0 Å². The Balaban J connectivity index is 4.05. The van der Waals surface area contributed by atoms with Crippen LogP contribution in [0.25, 0.3) is 0 Å². The maximum absolute atomic E-state index is 10.1. The summed E-state index contributed by atoms with van der Waals surface area (Å²) in [5.74, 6) is -1.63. The number of halogens is 1. The third kappa shape index (κ3) is 8.15. The Morgan fingerprint density at radius 1 is 1.10 bits per heavy atom. The van der Waals surface area contributed by atoms with Crippen molar-refractivity contribution in [3.8, 4) is 0 Å². The van der Waals surface area contributed by atoms with Gasteiger partial charge in [0.1, 0.15) is 0 Å². The molecule has 0 aliphatic heterocycles. The first-order valence-corrected chi connectivity index (χ1v) is 6.17. The molecule has 62 valence electrons. The van der Waals surface area contributed by atoms with E-state index in [2.05, 4.69) is 10.7 Å². The summed E-state index contributed by atoms with van der Waals surface area (Å²) in [6.45, 7) is 0. The number of hydrogen-bond acceptors (Lipinski definition) is 4. The summed E-state index contributed by atoms with van der Waals surface area (Å²) in [7, 11) is -3.41. The molecule has 5 nitrogen and oxygen atoms in total.